The molecule has 0 radical (unpaired) electrons. The van der Waals surface area contributed by atoms with Gasteiger partial charge in [-0.25, -0.2) is 4.79 Å². The summed E-state index contributed by atoms with van der Waals surface area (Å²) in [5.41, 5.74) is 0.801. The highest BCUT2D eigenvalue weighted by Crippen LogP contribution is 2.20. The molecule has 3 N–H and O–H groups in total. The molecule has 1 saturated heterocycles. The van der Waals surface area contributed by atoms with Crippen molar-refractivity contribution < 1.29 is 19.8 Å². The molecule has 0 aliphatic carbocycles. The van der Waals surface area contributed by atoms with Crippen molar-refractivity contribution in [3.8, 4) is 5.75 Å². The van der Waals surface area contributed by atoms with Gasteiger partial charge in [-0.05, 0) is 37.5 Å². The molecule has 6 nitrogen and oxygen atoms in total. The lowest BCUT2D eigenvalue weighted by Gasteiger charge is -2.31. The van der Waals surface area contributed by atoms with E-state index < -0.39 is 11.9 Å². The van der Waals surface area contributed by atoms with Gasteiger partial charge >= 0.3 is 12.0 Å². The number of urea groups is 1. The number of phenols is 1. The van der Waals surface area contributed by atoms with Crippen LogP contribution in [0, 0.1) is 5.92 Å². The van der Waals surface area contributed by atoms with Crippen molar-refractivity contribution in [2.45, 2.75) is 25.8 Å². The molecule has 114 valence electrons. The van der Waals surface area contributed by atoms with Crippen LogP contribution in [-0.2, 0) is 4.79 Å². The predicted molar refractivity (Wildman–Crippen MR) is 77.0 cm³/mol. The predicted octanol–water partition coefficient (Wildman–Crippen LogP) is 1.96. The first kappa shape index (κ1) is 15.2. The van der Waals surface area contributed by atoms with Crippen LogP contribution in [-0.4, -0.2) is 40.2 Å². The third kappa shape index (κ3) is 3.87. The number of carbonyl (C=O) groups excluding carboxylic acids is 1. The van der Waals surface area contributed by atoms with Gasteiger partial charge < -0.3 is 20.4 Å². The lowest BCUT2D eigenvalue weighted by Crippen LogP contribution is -2.47. The van der Waals surface area contributed by atoms with Gasteiger partial charge in [0.05, 0.1) is 12.0 Å². The Morgan fingerprint density at radius 3 is 2.86 bits per heavy atom. The molecule has 2 unspecified atom stereocenters. The molecule has 1 fully saturated rings. The molecule has 1 aromatic rings. The molecule has 1 aliphatic heterocycles. The molecule has 0 bridgehead atoms. The van der Waals surface area contributed by atoms with Crippen LogP contribution in [0.15, 0.2) is 24.3 Å². The van der Waals surface area contributed by atoms with Gasteiger partial charge in [0.15, 0.2) is 0 Å². The summed E-state index contributed by atoms with van der Waals surface area (Å²) >= 11 is 0. The summed E-state index contributed by atoms with van der Waals surface area (Å²) in [5.74, 6) is -1.19. The van der Waals surface area contributed by atoms with Crippen LogP contribution in [0.2, 0.25) is 0 Å². The Balaban J connectivity index is 1.96. The van der Waals surface area contributed by atoms with E-state index in [1.54, 1.807) is 23.1 Å². The fourth-order valence-corrected chi connectivity index (χ4v) is 2.52. The van der Waals surface area contributed by atoms with Crippen molar-refractivity contribution in [3.63, 3.8) is 0 Å². The van der Waals surface area contributed by atoms with E-state index in [4.69, 9.17) is 5.11 Å². The zero-order chi connectivity index (χ0) is 15.4. The van der Waals surface area contributed by atoms with E-state index >= 15 is 0 Å². The first-order chi connectivity index (χ1) is 9.97. The maximum absolute atomic E-state index is 12.2. The van der Waals surface area contributed by atoms with E-state index in [-0.39, 0.29) is 24.4 Å². The van der Waals surface area contributed by atoms with E-state index in [1.165, 1.54) is 0 Å². The third-order valence-corrected chi connectivity index (χ3v) is 3.77. The lowest BCUT2D eigenvalue weighted by atomic mass is 9.98. The van der Waals surface area contributed by atoms with Crippen molar-refractivity contribution in [2.75, 3.05) is 13.1 Å². The quantitative estimate of drug-likeness (QED) is 0.794. The second kappa shape index (κ2) is 6.47. The number of hydrogen-bond acceptors (Lipinski definition) is 3. The van der Waals surface area contributed by atoms with Crippen LogP contribution >= 0.6 is 0 Å². The third-order valence-electron chi connectivity index (χ3n) is 3.77. The SMILES string of the molecule is CC(NC(=O)N1CCCC(C(=O)O)C1)c1cccc(O)c1. The van der Waals surface area contributed by atoms with Gasteiger partial charge in [-0.2, -0.15) is 0 Å². The molecular weight excluding hydrogens is 272 g/mol. The Labute approximate surface area is 123 Å². The van der Waals surface area contributed by atoms with Crippen molar-refractivity contribution in [2.24, 2.45) is 5.92 Å². The lowest BCUT2D eigenvalue weighted by molar-refractivity contribution is -0.143. The van der Waals surface area contributed by atoms with Gasteiger partial charge in [-0.15, -0.1) is 0 Å². The van der Waals surface area contributed by atoms with Gasteiger partial charge in [0.25, 0.3) is 0 Å². The maximum atomic E-state index is 12.2. The molecule has 1 aliphatic rings. The second-order valence-corrected chi connectivity index (χ2v) is 5.39. The molecule has 2 rings (SSSR count). The normalized spacial score (nSPS) is 19.9. The van der Waals surface area contributed by atoms with Crippen LogP contribution in [0.1, 0.15) is 31.4 Å². The minimum atomic E-state index is -0.853. The largest absolute Gasteiger partial charge is 0.508 e. The summed E-state index contributed by atoms with van der Waals surface area (Å²) in [6.07, 6.45) is 1.31. The molecule has 6 heteroatoms. The summed E-state index contributed by atoms with van der Waals surface area (Å²) in [5, 5.41) is 21.3. The molecule has 1 heterocycles. The molecule has 21 heavy (non-hydrogen) atoms. The number of nitrogens with one attached hydrogen (secondary N) is 1. The van der Waals surface area contributed by atoms with E-state index in [0.717, 1.165) is 5.56 Å². The van der Waals surface area contributed by atoms with Gasteiger partial charge in [0, 0.05) is 13.1 Å². The molecule has 2 atom stereocenters. The number of carbonyl (C=O) groups is 2. The van der Waals surface area contributed by atoms with Crippen molar-refractivity contribution in [1.29, 1.82) is 0 Å². The van der Waals surface area contributed by atoms with E-state index in [9.17, 15) is 14.7 Å². The number of aromatic hydroxyl groups is 1. The summed E-state index contributed by atoms with van der Waals surface area (Å²) in [7, 11) is 0. The number of rotatable bonds is 3. The van der Waals surface area contributed by atoms with Crippen molar-refractivity contribution in [1.82, 2.24) is 10.2 Å². The number of piperidine rings is 1. The highest BCUT2D eigenvalue weighted by atomic mass is 16.4. The Morgan fingerprint density at radius 1 is 1.43 bits per heavy atom. The van der Waals surface area contributed by atoms with Gasteiger partial charge in [-0.1, -0.05) is 12.1 Å². The number of hydrogen-bond donors (Lipinski definition) is 3. The van der Waals surface area contributed by atoms with Crippen LogP contribution in [0.4, 0.5) is 4.79 Å². The molecular formula is C15H20N2O4. The Hall–Kier alpha value is -2.24. The van der Waals surface area contributed by atoms with Crippen LogP contribution in [0.5, 0.6) is 5.75 Å². The number of amides is 2. The maximum Gasteiger partial charge on any atom is 0.317 e. The molecule has 1 aromatic carbocycles. The average molecular weight is 292 g/mol. The number of aliphatic carboxylic acids is 1. The summed E-state index contributed by atoms with van der Waals surface area (Å²) in [6, 6.07) is 6.18. The minimum Gasteiger partial charge on any atom is -0.508 e. The van der Waals surface area contributed by atoms with Crippen molar-refractivity contribution in [3.05, 3.63) is 29.8 Å². The molecule has 2 amide bonds. The van der Waals surface area contributed by atoms with E-state index in [0.29, 0.717) is 19.4 Å². The van der Waals surface area contributed by atoms with E-state index in [2.05, 4.69) is 5.32 Å². The molecule has 0 aromatic heterocycles. The zero-order valence-corrected chi connectivity index (χ0v) is 12.0. The molecule has 0 spiro atoms. The Kier molecular flexibility index (Phi) is 4.67. The Bertz CT molecular complexity index is 532. The Morgan fingerprint density at radius 2 is 2.19 bits per heavy atom. The average Bonchev–Trinajstić information content (AvgIpc) is 2.47. The van der Waals surface area contributed by atoms with Gasteiger partial charge in [0.2, 0.25) is 0 Å². The number of carboxylic acids is 1. The van der Waals surface area contributed by atoms with Gasteiger partial charge in [-0.3, -0.25) is 4.79 Å². The highest BCUT2D eigenvalue weighted by molar-refractivity contribution is 5.77. The second-order valence-electron chi connectivity index (χ2n) is 5.39. The van der Waals surface area contributed by atoms with Crippen LogP contribution in [0.3, 0.4) is 0 Å². The van der Waals surface area contributed by atoms with Crippen molar-refractivity contribution >= 4 is 12.0 Å². The number of likely N-dealkylation sites (tertiary alicyclic amines) is 1. The summed E-state index contributed by atoms with van der Waals surface area (Å²) in [4.78, 5) is 24.8. The topological polar surface area (TPSA) is 89.9 Å². The number of carboxylic acid groups (broad SMARTS) is 1. The highest BCUT2D eigenvalue weighted by Gasteiger charge is 2.28. The fraction of sp³-hybridized carbons (Fsp3) is 0.467. The summed E-state index contributed by atoms with van der Waals surface area (Å²) < 4.78 is 0. The van der Waals surface area contributed by atoms with Gasteiger partial charge in [0.1, 0.15) is 5.75 Å². The summed E-state index contributed by atoms with van der Waals surface area (Å²) in [6.45, 7) is 2.64. The van der Waals surface area contributed by atoms with E-state index in [1.807, 2.05) is 13.0 Å². The zero-order valence-electron chi connectivity index (χ0n) is 12.0. The number of nitrogens with zero attached hydrogens (tertiary/aromatic N) is 1. The number of phenolic OH excluding ortho intramolecular Hbond substituents is 1. The standard InChI is InChI=1S/C15H20N2O4/c1-10(11-4-2-6-13(18)8-11)16-15(21)17-7-3-5-12(9-17)14(19)20/h2,4,6,8,10,12,18H,3,5,7,9H2,1H3,(H,16,21)(H,19,20). The first-order valence-corrected chi connectivity index (χ1v) is 7.04. The fourth-order valence-electron chi connectivity index (χ4n) is 2.52. The monoisotopic (exact) mass is 292 g/mol. The first-order valence-electron chi connectivity index (χ1n) is 7.04. The van der Waals surface area contributed by atoms with Crippen LogP contribution < -0.4 is 5.32 Å². The minimum absolute atomic E-state index is 0.150. The van der Waals surface area contributed by atoms with Crippen LogP contribution in [0.25, 0.3) is 0 Å². The smallest absolute Gasteiger partial charge is 0.317 e. The number of benzene rings is 1. The molecule has 0 saturated carbocycles.